The standard InChI is InChI=1S/C24H19ClN4O2S/c25-20-9-5-4-8-19(20)24(31)27-21(16-6-2-1-3-7-16)14-23(30)26-18-12-10-17(11-13-18)22-15-32-29-28-22/h1-13,15,21H,14H2,(H,26,30)(H,27,31). The smallest absolute Gasteiger partial charge is 0.253 e. The van der Waals surface area contributed by atoms with Gasteiger partial charge in [-0.1, -0.05) is 70.7 Å². The van der Waals surface area contributed by atoms with E-state index in [4.69, 9.17) is 11.6 Å². The average molecular weight is 463 g/mol. The molecule has 0 saturated carbocycles. The Morgan fingerprint density at radius 1 is 0.938 bits per heavy atom. The molecule has 0 bridgehead atoms. The largest absolute Gasteiger partial charge is 0.345 e. The van der Waals surface area contributed by atoms with Crippen molar-refractivity contribution in [3.8, 4) is 11.3 Å². The first-order valence-electron chi connectivity index (χ1n) is 9.88. The van der Waals surface area contributed by atoms with Gasteiger partial charge in [-0.2, -0.15) is 0 Å². The van der Waals surface area contributed by atoms with Crippen LogP contribution in [0.2, 0.25) is 5.02 Å². The van der Waals surface area contributed by atoms with Crippen LogP contribution in [0.4, 0.5) is 5.69 Å². The Bertz CT molecular complexity index is 1200. The molecule has 1 aromatic heterocycles. The molecular weight excluding hydrogens is 444 g/mol. The Balaban J connectivity index is 1.46. The maximum Gasteiger partial charge on any atom is 0.253 e. The fraction of sp³-hybridized carbons (Fsp3) is 0.0833. The maximum atomic E-state index is 12.8. The maximum absolute atomic E-state index is 12.8. The number of rotatable bonds is 7. The molecule has 4 rings (SSSR count). The highest BCUT2D eigenvalue weighted by molar-refractivity contribution is 7.03. The van der Waals surface area contributed by atoms with Gasteiger partial charge in [-0.05, 0) is 41.4 Å². The number of nitrogens with one attached hydrogen (secondary N) is 2. The molecule has 1 heterocycles. The Hall–Kier alpha value is -3.55. The van der Waals surface area contributed by atoms with Crippen LogP contribution >= 0.6 is 23.1 Å². The number of carbonyl (C=O) groups excluding carboxylic acids is 2. The summed E-state index contributed by atoms with van der Waals surface area (Å²) < 4.78 is 3.86. The normalized spacial score (nSPS) is 11.5. The minimum absolute atomic E-state index is 0.0674. The van der Waals surface area contributed by atoms with Crippen LogP contribution < -0.4 is 10.6 Å². The van der Waals surface area contributed by atoms with Crippen molar-refractivity contribution in [2.45, 2.75) is 12.5 Å². The summed E-state index contributed by atoms with van der Waals surface area (Å²) in [5.41, 5.74) is 3.56. The van der Waals surface area contributed by atoms with Gasteiger partial charge in [-0.15, -0.1) is 5.10 Å². The zero-order valence-electron chi connectivity index (χ0n) is 16.9. The minimum Gasteiger partial charge on any atom is -0.345 e. The highest BCUT2D eigenvalue weighted by atomic mass is 35.5. The van der Waals surface area contributed by atoms with Gasteiger partial charge in [0.1, 0.15) is 5.69 Å². The van der Waals surface area contributed by atoms with Gasteiger partial charge in [0.15, 0.2) is 0 Å². The van der Waals surface area contributed by atoms with Gasteiger partial charge in [0.05, 0.1) is 23.0 Å². The van der Waals surface area contributed by atoms with E-state index in [0.717, 1.165) is 16.8 Å². The molecule has 6 nitrogen and oxygen atoms in total. The molecule has 0 spiro atoms. The van der Waals surface area contributed by atoms with Crippen LogP contribution in [-0.2, 0) is 4.79 Å². The summed E-state index contributed by atoms with van der Waals surface area (Å²) in [6, 6.07) is 23.1. The Kier molecular flexibility index (Phi) is 6.89. The van der Waals surface area contributed by atoms with Gasteiger partial charge in [0.25, 0.3) is 5.91 Å². The van der Waals surface area contributed by atoms with Gasteiger partial charge < -0.3 is 10.6 Å². The number of hydrogen-bond donors (Lipinski definition) is 2. The van der Waals surface area contributed by atoms with Crippen molar-refractivity contribution >= 4 is 40.6 Å². The molecule has 1 atom stereocenters. The van der Waals surface area contributed by atoms with Crippen molar-refractivity contribution < 1.29 is 9.59 Å². The molecule has 160 valence electrons. The van der Waals surface area contributed by atoms with E-state index in [2.05, 4.69) is 20.2 Å². The predicted octanol–water partition coefficient (Wildman–Crippen LogP) is 5.36. The van der Waals surface area contributed by atoms with Crippen LogP contribution in [0.15, 0.2) is 84.2 Å². The highest BCUT2D eigenvalue weighted by Crippen LogP contribution is 2.23. The van der Waals surface area contributed by atoms with E-state index in [0.29, 0.717) is 16.3 Å². The lowest BCUT2D eigenvalue weighted by atomic mass is 10.0. The van der Waals surface area contributed by atoms with E-state index < -0.39 is 6.04 Å². The first-order chi connectivity index (χ1) is 15.6. The van der Waals surface area contributed by atoms with Crippen LogP contribution in [0.25, 0.3) is 11.3 Å². The molecule has 0 fully saturated rings. The van der Waals surface area contributed by atoms with Crippen LogP contribution in [0.3, 0.4) is 0 Å². The predicted molar refractivity (Wildman–Crippen MR) is 127 cm³/mol. The number of amides is 2. The van der Waals surface area contributed by atoms with E-state index in [1.54, 1.807) is 24.3 Å². The van der Waals surface area contributed by atoms with Gasteiger partial charge in [0, 0.05) is 16.6 Å². The lowest BCUT2D eigenvalue weighted by Crippen LogP contribution is -2.31. The molecule has 8 heteroatoms. The van der Waals surface area contributed by atoms with E-state index in [1.807, 2.05) is 60.0 Å². The van der Waals surface area contributed by atoms with Crippen molar-refractivity contribution in [1.82, 2.24) is 14.9 Å². The van der Waals surface area contributed by atoms with Crippen LogP contribution in [0, 0.1) is 0 Å². The van der Waals surface area contributed by atoms with Gasteiger partial charge in [-0.25, -0.2) is 0 Å². The van der Waals surface area contributed by atoms with Crippen LogP contribution in [-0.4, -0.2) is 21.4 Å². The van der Waals surface area contributed by atoms with Crippen LogP contribution in [0.5, 0.6) is 0 Å². The molecule has 1 unspecified atom stereocenters. The third kappa shape index (κ3) is 5.38. The molecule has 0 aliphatic rings. The van der Waals surface area contributed by atoms with E-state index in [9.17, 15) is 9.59 Å². The Morgan fingerprint density at radius 3 is 2.34 bits per heavy atom. The quantitative estimate of drug-likeness (QED) is 0.387. The van der Waals surface area contributed by atoms with Crippen molar-refractivity contribution in [1.29, 1.82) is 0 Å². The lowest BCUT2D eigenvalue weighted by molar-refractivity contribution is -0.116. The van der Waals surface area contributed by atoms with Crippen molar-refractivity contribution in [2.24, 2.45) is 0 Å². The first kappa shape index (κ1) is 21.7. The monoisotopic (exact) mass is 462 g/mol. The van der Waals surface area contributed by atoms with Crippen molar-refractivity contribution in [3.63, 3.8) is 0 Å². The number of halogens is 1. The molecule has 3 aromatic carbocycles. The van der Waals surface area contributed by atoms with E-state index >= 15 is 0 Å². The molecule has 32 heavy (non-hydrogen) atoms. The average Bonchev–Trinajstić information content (AvgIpc) is 3.35. The first-order valence-corrected chi connectivity index (χ1v) is 11.1. The zero-order chi connectivity index (χ0) is 22.3. The summed E-state index contributed by atoms with van der Waals surface area (Å²) in [4.78, 5) is 25.6. The SMILES string of the molecule is O=C(CC(NC(=O)c1ccccc1Cl)c1ccccc1)Nc1ccc(-c2csnn2)cc1. The second-order valence-electron chi connectivity index (χ2n) is 7.04. The number of hydrogen-bond acceptors (Lipinski definition) is 5. The third-order valence-corrected chi connectivity index (χ3v) is 5.67. The zero-order valence-corrected chi connectivity index (χ0v) is 18.4. The molecule has 2 N–H and O–H groups in total. The second kappa shape index (κ2) is 10.2. The molecular formula is C24H19ClN4O2S. The summed E-state index contributed by atoms with van der Waals surface area (Å²) >= 11 is 7.45. The molecule has 0 radical (unpaired) electrons. The van der Waals surface area contributed by atoms with Gasteiger partial charge >= 0.3 is 0 Å². The summed E-state index contributed by atoms with van der Waals surface area (Å²) in [6.45, 7) is 0. The summed E-state index contributed by atoms with van der Waals surface area (Å²) in [6.07, 6.45) is 0.0674. The number of carbonyl (C=O) groups is 2. The van der Waals surface area contributed by atoms with E-state index in [1.165, 1.54) is 11.5 Å². The summed E-state index contributed by atoms with van der Waals surface area (Å²) in [5, 5.41) is 12.1. The number of benzene rings is 3. The minimum atomic E-state index is -0.514. The van der Waals surface area contributed by atoms with Crippen molar-refractivity contribution in [2.75, 3.05) is 5.32 Å². The fourth-order valence-electron chi connectivity index (χ4n) is 3.23. The topological polar surface area (TPSA) is 84.0 Å². The fourth-order valence-corrected chi connectivity index (χ4v) is 3.92. The highest BCUT2D eigenvalue weighted by Gasteiger charge is 2.20. The second-order valence-corrected chi connectivity index (χ2v) is 8.05. The number of nitrogens with zero attached hydrogens (tertiary/aromatic N) is 2. The molecule has 2 amide bonds. The molecule has 4 aromatic rings. The van der Waals surface area contributed by atoms with Gasteiger partial charge in [-0.3, -0.25) is 9.59 Å². The molecule has 0 saturated heterocycles. The van der Waals surface area contributed by atoms with Gasteiger partial charge in [0.2, 0.25) is 5.91 Å². The summed E-state index contributed by atoms with van der Waals surface area (Å²) in [7, 11) is 0. The van der Waals surface area contributed by atoms with E-state index in [-0.39, 0.29) is 18.2 Å². The van der Waals surface area contributed by atoms with Crippen molar-refractivity contribution in [3.05, 3.63) is 100 Å². The third-order valence-electron chi connectivity index (χ3n) is 4.84. The van der Waals surface area contributed by atoms with Crippen LogP contribution in [0.1, 0.15) is 28.4 Å². The number of anilines is 1. The Morgan fingerprint density at radius 2 is 1.66 bits per heavy atom. The lowest BCUT2D eigenvalue weighted by Gasteiger charge is -2.19. The molecule has 0 aliphatic heterocycles. The number of aromatic nitrogens is 2. The molecule has 0 aliphatic carbocycles. The summed E-state index contributed by atoms with van der Waals surface area (Å²) in [5.74, 6) is -0.556. The Labute approximate surface area is 194 Å².